The van der Waals surface area contributed by atoms with Crippen LogP contribution in [0.1, 0.15) is 55.3 Å². The molecule has 1 N–H and O–H groups in total. The fourth-order valence-corrected chi connectivity index (χ4v) is 3.94. The van der Waals surface area contributed by atoms with E-state index >= 15 is 0 Å². The van der Waals surface area contributed by atoms with Crippen LogP contribution in [0.2, 0.25) is 0 Å². The Kier molecular flexibility index (Phi) is 5.95. The minimum Gasteiger partial charge on any atom is -0.508 e. The van der Waals surface area contributed by atoms with Crippen LogP contribution >= 0.6 is 0 Å². The molecular weight excluding hydrogens is 316 g/mol. The lowest BCUT2D eigenvalue weighted by Crippen LogP contribution is -2.50. The number of nitrogens with zero attached hydrogens (tertiary/aromatic N) is 2. The third kappa shape index (κ3) is 4.74. The molecule has 1 saturated heterocycles. The number of aromatic hydroxyl groups is 1. The van der Waals surface area contributed by atoms with Gasteiger partial charge in [0.1, 0.15) is 5.75 Å². The first-order chi connectivity index (χ1) is 12.1. The molecule has 1 saturated carbocycles. The molecule has 1 aliphatic heterocycles. The van der Waals surface area contributed by atoms with E-state index in [4.69, 9.17) is 0 Å². The van der Waals surface area contributed by atoms with Crippen LogP contribution in [0.5, 0.6) is 5.75 Å². The molecule has 1 aromatic carbocycles. The van der Waals surface area contributed by atoms with E-state index in [1.807, 2.05) is 4.90 Å². The van der Waals surface area contributed by atoms with E-state index in [9.17, 15) is 14.7 Å². The van der Waals surface area contributed by atoms with Gasteiger partial charge >= 0.3 is 0 Å². The van der Waals surface area contributed by atoms with Crippen LogP contribution < -0.4 is 0 Å². The van der Waals surface area contributed by atoms with Crippen molar-refractivity contribution in [2.24, 2.45) is 5.92 Å². The quantitative estimate of drug-likeness (QED) is 0.913. The van der Waals surface area contributed by atoms with Crippen LogP contribution in [0.3, 0.4) is 0 Å². The lowest BCUT2D eigenvalue weighted by Gasteiger charge is -2.35. The van der Waals surface area contributed by atoms with E-state index in [-0.39, 0.29) is 17.6 Å². The van der Waals surface area contributed by atoms with Gasteiger partial charge in [-0.25, -0.2) is 0 Å². The second-order valence-corrected chi connectivity index (χ2v) is 7.27. The predicted octanol–water partition coefficient (Wildman–Crippen LogP) is 3.04. The largest absolute Gasteiger partial charge is 0.508 e. The number of piperazine rings is 1. The van der Waals surface area contributed by atoms with Crippen molar-refractivity contribution < 1.29 is 14.7 Å². The van der Waals surface area contributed by atoms with E-state index < -0.39 is 0 Å². The second-order valence-electron chi connectivity index (χ2n) is 7.27. The average molecular weight is 344 g/mol. The molecule has 1 aliphatic carbocycles. The van der Waals surface area contributed by atoms with Gasteiger partial charge in [0.25, 0.3) is 5.91 Å². The van der Waals surface area contributed by atoms with Crippen molar-refractivity contribution in [3.63, 3.8) is 0 Å². The normalized spacial score (nSPS) is 19.0. The Labute approximate surface area is 149 Å². The van der Waals surface area contributed by atoms with Gasteiger partial charge in [-0.2, -0.15) is 0 Å². The summed E-state index contributed by atoms with van der Waals surface area (Å²) in [4.78, 5) is 28.6. The third-order valence-corrected chi connectivity index (χ3v) is 5.50. The minimum absolute atomic E-state index is 0.0785. The molecular formula is C20H28N2O3. The lowest BCUT2D eigenvalue weighted by molar-refractivity contribution is -0.133. The van der Waals surface area contributed by atoms with E-state index in [0.29, 0.717) is 38.2 Å². The Morgan fingerprint density at radius 3 is 2.36 bits per heavy atom. The SMILES string of the molecule is O=C(CCC1CCCCC1)N1CCN(C(=O)c2cccc(O)c2)CC1. The molecule has 0 unspecified atom stereocenters. The lowest BCUT2D eigenvalue weighted by atomic mass is 9.86. The first-order valence-electron chi connectivity index (χ1n) is 9.49. The van der Waals surface area contributed by atoms with Gasteiger partial charge in [0.2, 0.25) is 5.91 Å². The van der Waals surface area contributed by atoms with Crippen LogP contribution in [0.15, 0.2) is 24.3 Å². The summed E-state index contributed by atoms with van der Waals surface area (Å²) in [5, 5.41) is 9.52. The monoisotopic (exact) mass is 344 g/mol. The molecule has 0 atom stereocenters. The summed E-state index contributed by atoms with van der Waals surface area (Å²) in [7, 11) is 0. The summed E-state index contributed by atoms with van der Waals surface area (Å²) in [5.74, 6) is 0.980. The van der Waals surface area contributed by atoms with Crippen LogP contribution in [-0.2, 0) is 4.79 Å². The summed E-state index contributed by atoms with van der Waals surface area (Å²) < 4.78 is 0. The van der Waals surface area contributed by atoms with E-state index in [1.165, 1.54) is 38.2 Å². The molecule has 136 valence electrons. The van der Waals surface area contributed by atoms with E-state index in [0.717, 1.165) is 12.3 Å². The van der Waals surface area contributed by atoms with Crippen molar-refractivity contribution in [3.05, 3.63) is 29.8 Å². The number of carbonyl (C=O) groups is 2. The maximum Gasteiger partial charge on any atom is 0.254 e. The Bertz CT molecular complexity index is 603. The summed E-state index contributed by atoms with van der Waals surface area (Å²) in [5.41, 5.74) is 0.497. The molecule has 5 heteroatoms. The topological polar surface area (TPSA) is 60.9 Å². The van der Waals surface area contributed by atoms with Gasteiger partial charge in [-0.3, -0.25) is 9.59 Å². The molecule has 0 radical (unpaired) electrons. The van der Waals surface area contributed by atoms with Crippen molar-refractivity contribution in [2.75, 3.05) is 26.2 Å². The summed E-state index contributed by atoms with van der Waals surface area (Å²) >= 11 is 0. The molecule has 25 heavy (non-hydrogen) atoms. The molecule has 2 fully saturated rings. The molecule has 0 spiro atoms. The maximum atomic E-state index is 12.5. The van der Waals surface area contributed by atoms with Gasteiger partial charge in [-0.15, -0.1) is 0 Å². The second kappa shape index (κ2) is 8.37. The Morgan fingerprint density at radius 1 is 1.00 bits per heavy atom. The Hall–Kier alpha value is -2.04. The standard InChI is InChI=1S/C20H28N2O3/c23-18-8-4-7-17(15-18)20(25)22-13-11-21(12-14-22)19(24)10-9-16-5-2-1-3-6-16/h4,7-8,15-16,23H,1-3,5-6,9-14H2. The molecule has 1 heterocycles. The van der Waals surface area contributed by atoms with Crippen LogP contribution in [0.25, 0.3) is 0 Å². The van der Waals surface area contributed by atoms with Gasteiger partial charge in [-0.05, 0) is 30.5 Å². The Morgan fingerprint density at radius 2 is 1.68 bits per heavy atom. The summed E-state index contributed by atoms with van der Waals surface area (Å²) in [6, 6.07) is 6.43. The van der Waals surface area contributed by atoms with Crippen molar-refractivity contribution in [1.29, 1.82) is 0 Å². The maximum absolute atomic E-state index is 12.5. The molecule has 1 aromatic rings. The highest BCUT2D eigenvalue weighted by Crippen LogP contribution is 2.27. The van der Waals surface area contributed by atoms with Crippen molar-refractivity contribution >= 4 is 11.8 Å². The zero-order chi connectivity index (χ0) is 17.6. The van der Waals surface area contributed by atoms with E-state index in [1.54, 1.807) is 23.1 Å². The number of amides is 2. The summed E-state index contributed by atoms with van der Waals surface area (Å²) in [6.45, 7) is 2.33. The number of carbonyl (C=O) groups excluding carboxylic acids is 2. The smallest absolute Gasteiger partial charge is 0.254 e. The zero-order valence-corrected chi connectivity index (χ0v) is 14.8. The van der Waals surface area contributed by atoms with Gasteiger partial charge in [0.15, 0.2) is 0 Å². The first kappa shape index (κ1) is 17.8. The van der Waals surface area contributed by atoms with Gasteiger partial charge < -0.3 is 14.9 Å². The minimum atomic E-state index is -0.0785. The van der Waals surface area contributed by atoms with Crippen molar-refractivity contribution in [2.45, 2.75) is 44.9 Å². The van der Waals surface area contributed by atoms with Gasteiger partial charge in [0, 0.05) is 38.2 Å². The fourth-order valence-electron chi connectivity index (χ4n) is 3.94. The highest BCUT2D eigenvalue weighted by molar-refractivity contribution is 5.94. The molecule has 0 aromatic heterocycles. The molecule has 3 rings (SSSR count). The van der Waals surface area contributed by atoms with Crippen molar-refractivity contribution in [3.8, 4) is 5.75 Å². The molecule has 0 bridgehead atoms. The highest BCUT2D eigenvalue weighted by Gasteiger charge is 2.25. The van der Waals surface area contributed by atoms with Gasteiger partial charge in [-0.1, -0.05) is 38.2 Å². The molecule has 5 nitrogen and oxygen atoms in total. The fraction of sp³-hybridized carbons (Fsp3) is 0.600. The molecule has 2 aliphatic rings. The number of phenolic OH excluding ortho intramolecular Hbond substituents is 1. The number of benzene rings is 1. The van der Waals surface area contributed by atoms with Crippen LogP contribution in [0.4, 0.5) is 0 Å². The summed E-state index contributed by atoms with van der Waals surface area (Å²) in [6.07, 6.45) is 8.19. The average Bonchev–Trinajstić information content (AvgIpc) is 2.66. The van der Waals surface area contributed by atoms with E-state index in [2.05, 4.69) is 0 Å². The van der Waals surface area contributed by atoms with Crippen molar-refractivity contribution in [1.82, 2.24) is 9.80 Å². The predicted molar refractivity (Wildman–Crippen MR) is 96.4 cm³/mol. The van der Waals surface area contributed by atoms with Crippen LogP contribution in [0, 0.1) is 5.92 Å². The number of rotatable bonds is 4. The van der Waals surface area contributed by atoms with Crippen LogP contribution in [-0.4, -0.2) is 52.9 Å². The highest BCUT2D eigenvalue weighted by atomic mass is 16.3. The number of hydrogen-bond donors (Lipinski definition) is 1. The molecule has 2 amide bonds. The number of phenols is 1. The van der Waals surface area contributed by atoms with Gasteiger partial charge in [0.05, 0.1) is 0 Å². The Balaban J connectivity index is 1.44. The number of hydrogen-bond acceptors (Lipinski definition) is 3. The zero-order valence-electron chi connectivity index (χ0n) is 14.8. The first-order valence-corrected chi connectivity index (χ1v) is 9.49. The third-order valence-electron chi connectivity index (χ3n) is 5.50.